The van der Waals surface area contributed by atoms with E-state index in [0.29, 0.717) is 11.4 Å². The third-order valence-electron chi connectivity index (χ3n) is 5.11. The third-order valence-corrected chi connectivity index (χ3v) is 6.57. The van der Waals surface area contributed by atoms with Crippen molar-refractivity contribution in [2.75, 3.05) is 19.0 Å². The lowest BCUT2D eigenvalue weighted by molar-refractivity contribution is -0.150. The quantitative estimate of drug-likeness (QED) is 0.507. The summed E-state index contributed by atoms with van der Waals surface area (Å²) in [5.74, 6) is -1.03. The smallest absolute Gasteiger partial charge is 0.324 e. The fourth-order valence-electron chi connectivity index (χ4n) is 3.19. The van der Waals surface area contributed by atoms with Crippen LogP contribution in [-0.4, -0.2) is 40.1 Å². The number of sulfonamides is 1. The Morgan fingerprint density at radius 3 is 2.18 bits per heavy atom. The number of nitrogens with one attached hydrogen (secondary N) is 2. The predicted molar refractivity (Wildman–Crippen MR) is 127 cm³/mol. The van der Waals surface area contributed by atoms with E-state index in [2.05, 4.69) is 10.0 Å². The van der Waals surface area contributed by atoms with Gasteiger partial charge in [-0.2, -0.15) is 4.72 Å². The summed E-state index contributed by atoms with van der Waals surface area (Å²) in [4.78, 5) is 25.1. The Balaban J connectivity index is 2.06. The van der Waals surface area contributed by atoms with E-state index in [1.807, 2.05) is 39.0 Å². The molecule has 2 aromatic rings. The summed E-state index contributed by atoms with van der Waals surface area (Å²) in [5, 5.41) is 2.80. The molecule has 0 bridgehead atoms. The average molecular weight is 477 g/mol. The Morgan fingerprint density at radius 1 is 1.00 bits per heavy atom. The molecular weight excluding hydrogens is 444 g/mol. The second-order valence-corrected chi connectivity index (χ2v) is 10.1. The van der Waals surface area contributed by atoms with Crippen molar-refractivity contribution in [3.8, 4) is 5.75 Å². The molecule has 2 rings (SSSR count). The third kappa shape index (κ3) is 7.03. The first kappa shape index (κ1) is 26.3. The minimum atomic E-state index is -3.99. The molecular formula is C24H32N2O6S. The van der Waals surface area contributed by atoms with Gasteiger partial charge in [-0.15, -0.1) is 0 Å². The van der Waals surface area contributed by atoms with Crippen LogP contribution in [0.25, 0.3) is 0 Å². The van der Waals surface area contributed by atoms with E-state index in [0.717, 1.165) is 11.1 Å². The summed E-state index contributed by atoms with van der Waals surface area (Å²) in [5.41, 5.74) is 2.56. The van der Waals surface area contributed by atoms with Crippen LogP contribution in [0.3, 0.4) is 0 Å². The summed E-state index contributed by atoms with van der Waals surface area (Å²) in [6.07, 6.45) is 0. The van der Waals surface area contributed by atoms with E-state index < -0.39 is 40.5 Å². The number of rotatable bonds is 10. The highest BCUT2D eigenvalue weighted by Crippen LogP contribution is 2.27. The molecule has 1 atom stereocenters. The molecule has 180 valence electrons. The number of aryl methyl sites for hydroxylation is 1. The molecule has 0 fully saturated rings. The molecule has 9 heteroatoms. The predicted octanol–water partition coefficient (Wildman–Crippen LogP) is 3.61. The molecule has 0 unspecified atom stereocenters. The van der Waals surface area contributed by atoms with Crippen LogP contribution in [0.5, 0.6) is 5.75 Å². The first-order valence-electron chi connectivity index (χ1n) is 10.7. The first-order valence-corrected chi connectivity index (χ1v) is 12.2. The van der Waals surface area contributed by atoms with E-state index >= 15 is 0 Å². The number of hydrogen-bond acceptors (Lipinski definition) is 6. The topological polar surface area (TPSA) is 111 Å². The number of carbonyl (C=O) groups excluding carboxylic acids is 2. The van der Waals surface area contributed by atoms with Gasteiger partial charge in [-0.3, -0.25) is 9.59 Å². The van der Waals surface area contributed by atoms with Crippen LogP contribution in [0.1, 0.15) is 44.7 Å². The van der Waals surface area contributed by atoms with E-state index in [1.54, 1.807) is 13.8 Å². The number of para-hydroxylation sites is 1. The van der Waals surface area contributed by atoms with Crippen molar-refractivity contribution in [1.29, 1.82) is 0 Å². The number of anilines is 1. The van der Waals surface area contributed by atoms with Crippen LogP contribution in [0, 0.1) is 12.8 Å². The molecule has 0 saturated heterocycles. The summed E-state index contributed by atoms with van der Waals surface area (Å²) in [7, 11) is -2.51. The molecule has 0 spiro atoms. The van der Waals surface area contributed by atoms with Crippen molar-refractivity contribution >= 4 is 27.6 Å². The Hall–Kier alpha value is -2.91. The number of carbonyl (C=O) groups is 2. The van der Waals surface area contributed by atoms with Gasteiger partial charge in [-0.05, 0) is 54.2 Å². The van der Waals surface area contributed by atoms with Crippen molar-refractivity contribution in [3.05, 3.63) is 53.6 Å². The molecule has 0 aliphatic heterocycles. The van der Waals surface area contributed by atoms with E-state index in [4.69, 9.17) is 9.47 Å². The standard InChI is InChI=1S/C24H32N2O6S/c1-15(2)20-9-7-8-17(5)23(20)25-21(27)14-32-24(28)22(16(3)4)26-33(29,30)19-12-10-18(31-6)11-13-19/h7-13,15-16,22,26H,14H2,1-6H3,(H,25,27)/t22-/m0/s1. The van der Waals surface area contributed by atoms with Gasteiger partial charge in [0, 0.05) is 5.69 Å². The SMILES string of the molecule is COc1ccc(S(=O)(=O)N[C@H](C(=O)OCC(=O)Nc2c(C)cccc2C(C)C)C(C)C)cc1. The molecule has 33 heavy (non-hydrogen) atoms. The molecule has 2 aromatic carbocycles. The summed E-state index contributed by atoms with van der Waals surface area (Å²) in [6.45, 7) is 8.77. The van der Waals surface area contributed by atoms with Gasteiger partial charge in [0.2, 0.25) is 10.0 Å². The highest BCUT2D eigenvalue weighted by Gasteiger charge is 2.30. The lowest BCUT2D eigenvalue weighted by Gasteiger charge is -2.21. The zero-order valence-electron chi connectivity index (χ0n) is 19.8. The average Bonchev–Trinajstić information content (AvgIpc) is 2.77. The monoisotopic (exact) mass is 476 g/mol. The molecule has 0 aromatic heterocycles. The molecule has 0 aliphatic rings. The van der Waals surface area contributed by atoms with Crippen LogP contribution >= 0.6 is 0 Å². The Kier molecular flexibility index (Phi) is 9.01. The Labute approximate surface area is 195 Å². The van der Waals surface area contributed by atoms with Gasteiger partial charge in [0.25, 0.3) is 5.91 Å². The van der Waals surface area contributed by atoms with Crippen LogP contribution < -0.4 is 14.8 Å². The second-order valence-electron chi connectivity index (χ2n) is 8.37. The fraction of sp³-hybridized carbons (Fsp3) is 0.417. The minimum Gasteiger partial charge on any atom is -0.497 e. The van der Waals surface area contributed by atoms with Crippen molar-refractivity contribution in [3.63, 3.8) is 0 Å². The number of esters is 1. The number of hydrogen-bond donors (Lipinski definition) is 2. The van der Waals surface area contributed by atoms with Crippen molar-refractivity contribution in [2.24, 2.45) is 5.92 Å². The van der Waals surface area contributed by atoms with Gasteiger partial charge in [-0.25, -0.2) is 8.42 Å². The van der Waals surface area contributed by atoms with Crippen molar-refractivity contribution in [1.82, 2.24) is 4.72 Å². The van der Waals surface area contributed by atoms with E-state index in [-0.39, 0.29) is 10.8 Å². The number of ether oxygens (including phenoxy) is 2. The Morgan fingerprint density at radius 2 is 1.64 bits per heavy atom. The van der Waals surface area contributed by atoms with Gasteiger partial charge in [0.1, 0.15) is 11.8 Å². The van der Waals surface area contributed by atoms with Crippen molar-refractivity contribution < 1.29 is 27.5 Å². The lowest BCUT2D eigenvalue weighted by atomic mass is 9.98. The van der Waals surface area contributed by atoms with Gasteiger partial charge in [-0.1, -0.05) is 45.9 Å². The molecule has 2 N–H and O–H groups in total. The number of amides is 1. The maximum Gasteiger partial charge on any atom is 0.324 e. The van der Waals surface area contributed by atoms with E-state index in [9.17, 15) is 18.0 Å². The zero-order valence-corrected chi connectivity index (χ0v) is 20.7. The number of benzene rings is 2. The van der Waals surface area contributed by atoms with Crippen LogP contribution in [0.15, 0.2) is 47.4 Å². The molecule has 0 heterocycles. The highest BCUT2D eigenvalue weighted by molar-refractivity contribution is 7.89. The van der Waals surface area contributed by atoms with E-state index in [1.165, 1.54) is 31.4 Å². The summed E-state index contributed by atoms with van der Waals surface area (Å²) >= 11 is 0. The molecule has 8 nitrogen and oxygen atoms in total. The lowest BCUT2D eigenvalue weighted by Crippen LogP contribution is -2.45. The minimum absolute atomic E-state index is 0.0136. The van der Waals surface area contributed by atoms with Crippen LogP contribution in [0.2, 0.25) is 0 Å². The Bertz CT molecular complexity index is 1080. The molecule has 1 amide bonds. The number of methoxy groups -OCH3 is 1. The maximum absolute atomic E-state index is 12.7. The van der Waals surface area contributed by atoms with Crippen LogP contribution in [-0.2, 0) is 24.3 Å². The molecule has 0 aliphatic carbocycles. The van der Waals surface area contributed by atoms with Gasteiger partial charge in [0.05, 0.1) is 12.0 Å². The zero-order chi connectivity index (χ0) is 24.8. The van der Waals surface area contributed by atoms with Gasteiger partial charge >= 0.3 is 5.97 Å². The fourth-order valence-corrected chi connectivity index (χ4v) is 4.52. The molecule has 0 radical (unpaired) electrons. The summed E-state index contributed by atoms with van der Waals surface area (Å²) in [6, 6.07) is 10.4. The first-order chi connectivity index (χ1) is 15.5. The highest BCUT2D eigenvalue weighted by atomic mass is 32.2. The van der Waals surface area contributed by atoms with Gasteiger partial charge < -0.3 is 14.8 Å². The van der Waals surface area contributed by atoms with Crippen LogP contribution in [0.4, 0.5) is 5.69 Å². The normalized spacial score (nSPS) is 12.5. The van der Waals surface area contributed by atoms with Gasteiger partial charge in [0.15, 0.2) is 6.61 Å². The van der Waals surface area contributed by atoms with Crippen molar-refractivity contribution in [2.45, 2.75) is 51.5 Å². The molecule has 0 saturated carbocycles. The summed E-state index contributed by atoms with van der Waals surface area (Å²) < 4.78 is 38.0. The maximum atomic E-state index is 12.7. The largest absolute Gasteiger partial charge is 0.497 e. The second kappa shape index (κ2) is 11.3.